The number of urea groups is 1. The summed E-state index contributed by atoms with van der Waals surface area (Å²) in [5.74, 6) is 0.796. The number of aromatic nitrogens is 2. The molecule has 0 bridgehead atoms. The van der Waals surface area contributed by atoms with Gasteiger partial charge in [-0.05, 0) is 65.1 Å². The van der Waals surface area contributed by atoms with E-state index in [1.165, 1.54) is 28.8 Å². The third kappa shape index (κ3) is 2.91. The molecule has 2 fully saturated rings. The van der Waals surface area contributed by atoms with Gasteiger partial charge in [0.1, 0.15) is 0 Å². The number of carbonyl (C=O) groups excluding carboxylic acids is 1. The maximum absolute atomic E-state index is 12.6. The van der Waals surface area contributed by atoms with Gasteiger partial charge in [-0.1, -0.05) is 24.3 Å². The van der Waals surface area contributed by atoms with Crippen LogP contribution in [0.15, 0.2) is 60.2 Å². The van der Waals surface area contributed by atoms with Gasteiger partial charge in [0.05, 0.1) is 23.4 Å². The van der Waals surface area contributed by atoms with Gasteiger partial charge in [0, 0.05) is 17.1 Å². The van der Waals surface area contributed by atoms with E-state index < -0.39 is 0 Å². The fourth-order valence-corrected chi connectivity index (χ4v) is 5.21. The monoisotopic (exact) mass is 400 g/mol. The van der Waals surface area contributed by atoms with Gasteiger partial charge in [0.2, 0.25) is 0 Å². The zero-order chi connectivity index (χ0) is 19.4. The SMILES string of the molecule is O=C1NCC(c2ccc(-c3csc(C4CC4)c3)cc2)N1c1ccc2nc[nH]c2c1. The van der Waals surface area contributed by atoms with Crippen molar-refractivity contribution in [3.8, 4) is 11.1 Å². The van der Waals surface area contributed by atoms with Crippen LogP contribution in [-0.4, -0.2) is 22.5 Å². The molecule has 2 aromatic heterocycles. The normalized spacial score (nSPS) is 19.1. The summed E-state index contributed by atoms with van der Waals surface area (Å²) in [6.45, 7) is 0.601. The summed E-state index contributed by atoms with van der Waals surface area (Å²) in [7, 11) is 0. The lowest BCUT2D eigenvalue weighted by Gasteiger charge is -2.23. The van der Waals surface area contributed by atoms with Crippen LogP contribution in [-0.2, 0) is 0 Å². The van der Waals surface area contributed by atoms with Gasteiger partial charge < -0.3 is 10.3 Å². The first-order valence-corrected chi connectivity index (χ1v) is 10.8. The van der Waals surface area contributed by atoms with Crippen LogP contribution in [0.5, 0.6) is 0 Å². The molecular formula is C23H20N4OS. The molecule has 2 aliphatic rings. The standard InChI is InChI=1S/C23H20N4OS/c28-23-24-11-21(27(23)18-7-8-19-20(10-18)26-13-25-19)15-3-1-14(2-4-15)17-9-22(29-12-17)16-5-6-16/h1-4,7-10,12-13,16,21H,5-6,11H2,(H,24,28)(H,25,26). The molecule has 0 spiro atoms. The zero-order valence-electron chi connectivity index (χ0n) is 15.8. The first kappa shape index (κ1) is 16.8. The van der Waals surface area contributed by atoms with Crippen LogP contribution >= 0.6 is 11.3 Å². The Balaban J connectivity index is 1.30. The van der Waals surface area contributed by atoms with Gasteiger partial charge in [-0.25, -0.2) is 9.78 Å². The maximum atomic E-state index is 12.6. The highest BCUT2D eigenvalue weighted by Crippen LogP contribution is 2.44. The predicted octanol–water partition coefficient (Wildman–Crippen LogP) is 5.44. The number of thiophene rings is 1. The third-order valence-electron chi connectivity index (χ3n) is 5.89. The Labute approximate surface area is 172 Å². The van der Waals surface area contributed by atoms with Crippen molar-refractivity contribution in [1.29, 1.82) is 0 Å². The van der Waals surface area contributed by atoms with E-state index in [0.717, 1.165) is 28.2 Å². The van der Waals surface area contributed by atoms with E-state index in [1.807, 2.05) is 34.4 Å². The molecule has 1 aliphatic heterocycles. The fraction of sp³-hybridized carbons (Fsp3) is 0.217. The van der Waals surface area contributed by atoms with E-state index in [9.17, 15) is 4.79 Å². The number of nitrogens with zero attached hydrogens (tertiary/aromatic N) is 2. The Hall–Kier alpha value is -3.12. The molecule has 144 valence electrons. The van der Waals surface area contributed by atoms with Crippen LogP contribution < -0.4 is 10.2 Å². The number of aromatic amines is 1. The molecule has 0 radical (unpaired) electrons. The van der Waals surface area contributed by atoms with Crippen LogP contribution in [0.4, 0.5) is 10.5 Å². The number of anilines is 1. The predicted molar refractivity (Wildman–Crippen MR) is 116 cm³/mol. The van der Waals surface area contributed by atoms with E-state index in [4.69, 9.17) is 0 Å². The average Bonchev–Trinajstić information content (AvgIpc) is 3.15. The second kappa shape index (κ2) is 6.46. The fourth-order valence-electron chi connectivity index (χ4n) is 4.12. The Morgan fingerprint density at radius 2 is 1.90 bits per heavy atom. The molecular weight excluding hydrogens is 380 g/mol. The van der Waals surface area contributed by atoms with E-state index >= 15 is 0 Å². The Morgan fingerprint density at radius 1 is 1.03 bits per heavy atom. The highest BCUT2D eigenvalue weighted by molar-refractivity contribution is 7.10. The van der Waals surface area contributed by atoms with E-state index in [0.29, 0.717) is 6.54 Å². The van der Waals surface area contributed by atoms with Crippen LogP contribution in [0.2, 0.25) is 0 Å². The summed E-state index contributed by atoms with van der Waals surface area (Å²) >= 11 is 1.87. The van der Waals surface area contributed by atoms with Crippen LogP contribution in [0.1, 0.15) is 35.2 Å². The second-order valence-corrected chi connectivity index (χ2v) is 8.75. The molecule has 6 rings (SSSR count). The number of hydrogen-bond donors (Lipinski definition) is 2. The molecule has 2 aromatic carbocycles. The first-order valence-electron chi connectivity index (χ1n) is 9.95. The summed E-state index contributed by atoms with van der Waals surface area (Å²) < 4.78 is 0. The van der Waals surface area contributed by atoms with Crippen LogP contribution in [0.25, 0.3) is 22.2 Å². The van der Waals surface area contributed by atoms with Crippen LogP contribution in [0.3, 0.4) is 0 Å². The number of nitrogens with one attached hydrogen (secondary N) is 2. The minimum Gasteiger partial charge on any atom is -0.345 e. The maximum Gasteiger partial charge on any atom is 0.322 e. The van der Waals surface area contributed by atoms with Gasteiger partial charge >= 0.3 is 6.03 Å². The van der Waals surface area contributed by atoms with Crippen molar-refractivity contribution in [3.63, 3.8) is 0 Å². The van der Waals surface area contributed by atoms with Gasteiger partial charge in [-0.2, -0.15) is 0 Å². The molecule has 2 amide bonds. The smallest absolute Gasteiger partial charge is 0.322 e. The molecule has 1 saturated carbocycles. The summed E-state index contributed by atoms with van der Waals surface area (Å²) in [4.78, 5) is 23.3. The number of rotatable bonds is 4. The number of fused-ring (bicyclic) bond motifs is 1. The van der Waals surface area contributed by atoms with E-state index in [-0.39, 0.29) is 12.1 Å². The van der Waals surface area contributed by atoms with Gasteiger partial charge in [0.15, 0.2) is 0 Å². The third-order valence-corrected chi connectivity index (χ3v) is 6.98. The van der Waals surface area contributed by atoms with Gasteiger partial charge in [-0.15, -0.1) is 11.3 Å². The summed E-state index contributed by atoms with van der Waals surface area (Å²) in [5.41, 5.74) is 6.37. The molecule has 3 heterocycles. The number of imidazole rings is 1. The Kier molecular flexibility index (Phi) is 3.74. The molecule has 5 nitrogen and oxygen atoms in total. The minimum atomic E-state index is -0.0650. The lowest BCUT2D eigenvalue weighted by atomic mass is 10.0. The molecule has 6 heteroatoms. The summed E-state index contributed by atoms with van der Waals surface area (Å²) in [5, 5.41) is 5.25. The molecule has 1 unspecified atom stereocenters. The molecule has 29 heavy (non-hydrogen) atoms. The van der Waals surface area contributed by atoms with Crippen molar-refractivity contribution in [1.82, 2.24) is 15.3 Å². The molecule has 1 saturated heterocycles. The lowest BCUT2D eigenvalue weighted by molar-refractivity contribution is 0.251. The lowest BCUT2D eigenvalue weighted by Crippen LogP contribution is -2.29. The average molecular weight is 401 g/mol. The van der Waals surface area contributed by atoms with Crippen molar-refractivity contribution >= 4 is 34.1 Å². The Morgan fingerprint density at radius 3 is 2.72 bits per heavy atom. The number of carbonyl (C=O) groups is 1. The largest absolute Gasteiger partial charge is 0.345 e. The molecule has 4 aromatic rings. The second-order valence-electron chi connectivity index (χ2n) is 7.81. The highest BCUT2D eigenvalue weighted by atomic mass is 32.1. The minimum absolute atomic E-state index is 0.0265. The van der Waals surface area contributed by atoms with Crippen molar-refractivity contribution in [3.05, 3.63) is 70.7 Å². The molecule has 1 aliphatic carbocycles. The molecule has 1 atom stereocenters. The zero-order valence-corrected chi connectivity index (χ0v) is 16.6. The van der Waals surface area contributed by atoms with E-state index in [1.54, 1.807) is 6.33 Å². The number of benzene rings is 2. The van der Waals surface area contributed by atoms with Crippen molar-refractivity contribution in [2.24, 2.45) is 0 Å². The summed E-state index contributed by atoms with van der Waals surface area (Å²) in [6, 6.07) is 16.8. The number of amides is 2. The Bertz CT molecular complexity index is 1210. The van der Waals surface area contributed by atoms with Gasteiger partial charge in [0.25, 0.3) is 0 Å². The van der Waals surface area contributed by atoms with Crippen molar-refractivity contribution < 1.29 is 4.79 Å². The molecule has 2 N–H and O–H groups in total. The quantitative estimate of drug-likeness (QED) is 0.479. The number of hydrogen-bond acceptors (Lipinski definition) is 3. The van der Waals surface area contributed by atoms with Crippen LogP contribution in [0, 0.1) is 0 Å². The van der Waals surface area contributed by atoms with E-state index in [2.05, 4.69) is 51.0 Å². The number of H-pyrrole nitrogens is 1. The highest BCUT2D eigenvalue weighted by Gasteiger charge is 2.33. The topological polar surface area (TPSA) is 61.0 Å². The van der Waals surface area contributed by atoms with Crippen molar-refractivity contribution in [2.75, 3.05) is 11.4 Å². The summed E-state index contributed by atoms with van der Waals surface area (Å²) in [6.07, 6.45) is 4.34. The van der Waals surface area contributed by atoms with Crippen molar-refractivity contribution in [2.45, 2.75) is 24.8 Å². The first-order chi connectivity index (χ1) is 14.3. The van der Waals surface area contributed by atoms with Gasteiger partial charge in [-0.3, -0.25) is 4.90 Å².